The minimum atomic E-state index is -0.330. The van der Waals surface area contributed by atoms with Crippen molar-refractivity contribution < 1.29 is 5.11 Å². The van der Waals surface area contributed by atoms with E-state index in [1.165, 1.54) is 32.1 Å². The van der Waals surface area contributed by atoms with Crippen molar-refractivity contribution in [1.29, 1.82) is 0 Å². The highest BCUT2D eigenvalue weighted by Gasteiger charge is 2.15. The van der Waals surface area contributed by atoms with Crippen LogP contribution < -0.4 is 0 Å². The maximum absolute atomic E-state index is 10.8. The first-order valence-corrected chi connectivity index (χ1v) is 4.45. The van der Waals surface area contributed by atoms with Gasteiger partial charge in [-0.05, 0) is 19.3 Å². The van der Waals surface area contributed by atoms with E-state index in [2.05, 4.69) is 0 Å². The summed E-state index contributed by atoms with van der Waals surface area (Å²) in [5.41, 5.74) is 0. The normalized spacial score (nSPS) is 24.6. The molecule has 1 radical (unpaired) electrons. The molecule has 1 heteroatoms. The molecule has 0 spiro atoms. The topological polar surface area (TPSA) is 19.9 Å². The first-order valence-electron chi connectivity index (χ1n) is 4.45. The van der Waals surface area contributed by atoms with E-state index in [1.807, 2.05) is 0 Å². The summed E-state index contributed by atoms with van der Waals surface area (Å²) in [7, 11) is 0. The lowest BCUT2D eigenvalue weighted by Crippen LogP contribution is -2.12. The van der Waals surface area contributed by atoms with Crippen LogP contribution >= 0.6 is 0 Å². The van der Waals surface area contributed by atoms with E-state index >= 15 is 0 Å². The van der Waals surface area contributed by atoms with Gasteiger partial charge in [-0.1, -0.05) is 32.1 Å². The summed E-state index contributed by atoms with van der Waals surface area (Å²) in [5, 5.41) is 10.8. The minimum absolute atomic E-state index is 0.330. The third-order valence-electron chi connectivity index (χ3n) is 2.39. The second-order valence-corrected chi connectivity index (χ2v) is 3.55. The smallest absolute Gasteiger partial charge is 0.0904 e. The fraction of sp³-hybridized carbons (Fsp3) is 1.00. The average Bonchev–Trinajstić information content (AvgIpc) is 1.88. The highest BCUT2D eigenvalue weighted by Crippen LogP contribution is 2.27. The van der Waals surface area contributed by atoms with Crippen LogP contribution in [0.3, 0.4) is 0 Å². The van der Waals surface area contributed by atoms with Crippen LogP contribution in [0.1, 0.15) is 45.4 Å². The Morgan fingerprint density at radius 3 is 2.40 bits per heavy atom. The molecule has 1 aliphatic carbocycles. The molecule has 1 saturated carbocycles. The van der Waals surface area contributed by atoms with Gasteiger partial charge in [0.05, 0.1) is 6.10 Å². The second-order valence-electron chi connectivity index (χ2n) is 3.55. The largest absolute Gasteiger partial charge is 0.233 e. The Bertz CT molecular complexity index is 82.7. The average molecular weight is 141 g/mol. The molecule has 0 bridgehead atoms. The molecule has 0 saturated heterocycles. The Morgan fingerprint density at radius 2 is 1.90 bits per heavy atom. The summed E-state index contributed by atoms with van der Waals surface area (Å²) in [6, 6.07) is 0. The van der Waals surface area contributed by atoms with Crippen LogP contribution in [0.5, 0.6) is 0 Å². The Labute approximate surface area is 63.4 Å². The molecular formula is C9H17O. The van der Waals surface area contributed by atoms with Gasteiger partial charge < -0.3 is 0 Å². The van der Waals surface area contributed by atoms with Crippen LogP contribution in [0, 0.1) is 5.92 Å². The van der Waals surface area contributed by atoms with Gasteiger partial charge in [-0.3, -0.25) is 0 Å². The van der Waals surface area contributed by atoms with Crippen molar-refractivity contribution >= 4 is 0 Å². The summed E-state index contributed by atoms with van der Waals surface area (Å²) < 4.78 is 0. The van der Waals surface area contributed by atoms with Gasteiger partial charge in [0, 0.05) is 0 Å². The Balaban J connectivity index is 2.13. The Morgan fingerprint density at radius 1 is 1.30 bits per heavy atom. The molecule has 0 aromatic carbocycles. The molecule has 1 aliphatic rings. The zero-order valence-electron chi connectivity index (χ0n) is 6.81. The van der Waals surface area contributed by atoms with Gasteiger partial charge in [0.15, 0.2) is 0 Å². The summed E-state index contributed by atoms with van der Waals surface area (Å²) in [6.45, 7) is 1.79. The first-order chi connectivity index (χ1) is 4.79. The third kappa shape index (κ3) is 2.70. The maximum atomic E-state index is 10.8. The molecule has 1 atom stereocenters. The van der Waals surface area contributed by atoms with E-state index in [-0.39, 0.29) is 6.10 Å². The standard InChI is InChI=1S/C9H17O/c1-8(10)7-9-5-3-2-4-6-9/h8-9H,2-7H2,1H3. The van der Waals surface area contributed by atoms with Crippen molar-refractivity contribution in [3.63, 3.8) is 0 Å². The zero-order chi connectivity index (χ0) is 7.40. The highest BCUT2D eigenvalue weighted by atomic mass is 16.3. The molecule has 1 fully saturated rings. The lowest BCUT2D eigenvalue weighted by molar-refractivity contribution is 0.0748. The monoisotopic (exact) mass is 141 g/mol. The van der Waals surface area contributed by atoms with Crippen LogP contribution in [0.15, 0.2) is 0 Å². The predicted molar refractivity (Wildman–Crippen MR) is 41.3 cm³/mol. The van der Waals surface area contributed by atoms with Crippen LogP contribution in [-0.4, -0.2) is 6.10 Å². The quantitative estimate of drug-likeness (QED) is 0.563. The van der Waals surface area contributed by atoms with E-state index in [0.717, 1.165) is 12.3 Å². The summed E-state index contributed by atoms with van der Waals surface area (Å²) in [6.07, 6.45) is 7.32. The lowest BCUT2D eigenvalue weighted by atomic mass is 9.86. The fourth-order valence-electron chi connectivity index (χ4n) is 1.89. The highest BCUT2D eigenvalue weighted by molar-refractivity contribution is 4.67. The van der Waals surface area contributed by atoms with E-state index in [0.29, 0.717) is 0 Å². The van der Waals surface area contributed by atoms with Crippen LogP contribution in [0.4, 0.5) is 0 Å². The van der Waals surface area contributed by atoms with Gasteiger partial charge in [-0.25, -0.2) is 5.11 Å². The molecule has 0 heterocycles. The SMILES string of the molecule is CC([O])CC1CCCCC1. The zero-order valence-corrected chi connectivity index (χ0v) is 6.81. The molecule has 1 unspecified atom stereocenters. The molecule has 0 aliphatic heterocycles. The molecule has 0 aromatic heterocycles. The molecule has 59 valence electrons. The summed E-state index contributed by atoms with van der Waals surface area (Å²) in [5.74, 6) is 0.765. The van der Waals surface area contributed by atoms with E-state index in [1.54, 1.807) is 6.92 Å². The third-order valence-corrected chi connectivity index (χ3v) is 2.39. The minimum Gasteiger partial charge on any atom is -0.233 e. The van der Waals surface area contributed by atoms with Crippen LogP contribution in [0.25, 0.3) is 0 Å². The molecule has 1 nitrogen and oxygen atoms in total. The number of hydrogen-bond acceptors (Lipinski definition) is 0. The van der Waals surface area contributed by atoms with Crippen molar-refractivity contribution in [1.82, 2.24) is 0 Å². The van der Waals surface area contributed by atoms with E-state index in [4.69, 9.17) is 0 Å². The van der Waals surface area contributed by atoms with Gasteiger partial charge in [-0.15, -0.1) is 0 Å². The van der Waals surface area contributed by atoms with Crippen molar-refractivity contribution in [3.8, 4) is 0 Å². The van der Waals surface area contributed by atoms with Crippen molar-refractivity contribution in [2.24, 2.45) is 5.92 Å². The maximum Gasteiger partial charge on any atom is 0.0904 e. The van der Waals surface area contributed by atoms with Crippen molar-refractivity contribution in [3.05, 3.63) is 0 Å². The number of rotatable bonds is 2. The van der Waals surface area contributed by atoms with E-state index < -0.39 is 0 Å². The summed E-state index contributed by atoms with van der Waals surface area (Å²) >= 11 is 0. The summed E-state index contributed by atoms with van der Waals surface area (Å²) in [4.78, 5) is 0. The molecule has 10 heavy (non-hydrogen) atoms. The van der Waals surface area contributed by atoms with Gasteiger partial charge in [-0.2, -0.15) is 0 Å². The molecule has 0 amide bonds. The van der Waals surface area contributed by atoms with Gasteiger partial charge >= 0.3 is 0 Å². The van der Waals surface area contributed by atoms with Gasteiger partial charge in [0.25, 0.3) is 0 Å². The van der Waals surface area contributed by atoms with Crippen LogP contribution in [0.2, 0.25) is 0 Å². The van der Waals surface area contributed by atoms with Crippen molar-refractivity contribution in [2.75, 3.05) is 0 Å². The Kier molecular flexibility index (Phi) is 3.20. The number of hydrogen-bond donors (Lipinski definition) is 0. The Hall–Kier alpha value is -0.0400. The first kappa shape index (κ1) is 8.06. The molecular weight excluding hydrogens is 124 g/mol. The van der Waals surface area contributed by atoms with Gasteiger partial charge in [0.2, 0.25) is 0 Å². The molecule has 1 rings (SSSR count). The predicted octanol–water partition coefficient (Wildman–Crippen LogP) is 2.78. The van der Waals surface area contributed by atoms with Crippen molar-refractivity contribution in [2.45, 2.75) is 51.6 Å². The second kappa shape index (κ2) is 3.97. The molecule has 0 N–H and O–H groups in total. The van der Waals surface area contributed by atoms with E-state index in [9.17, 15) is 5.11 Å². The van der Waals surface area contributed by atoms with Crippen LogP contribution in [-0.2, 0) is 5.11 Å². The lowest BCUT2D eigenvalue weighted by Gasteiger charge is -2.21. The fourth-order valence-corrected chi connectivity index (χ4v) is 1.89. The van der Waals surface area contributed by atoms with Gasteiger partial charge in [0.1, 0.15) is 0 Å². The molecule has 0 aromatic rings.